The van der Waals surface area contributed by atoms with Crippen LogP contribution in [0.3, 0.4) is 0 Å². The van der Waals surface area contributed by atoms with Gasteiger partial charge in [-0.05, 0) is 6.42 Å². The molecule has 1 aliphatic heterocycles. The molecule has 2 unspecified atom stereocenters. The van der Waals surface area contributed by atoms with Crippen molar-refractivity contribution in [1.82, 2.24) is 14.5 Å². The summed E-state index contributed by atoms with van der Waals surface area (Å²) in [6.07, 6.45) is 1.38. The molecule has 0 saturated carbocycles. The summed E-state index contributed by atoms with van der Waals surface area (Å²) in [5.41, 5.74) is 1.02. The molecule has 0 spiro atoms. The zero-order valence-corrected chi connectivity index (χ0v) is 12.6. The van der Waals surface area contributed by atoms with Crippen molar-refractivity contribution in [1.29, 1.82) is 0 Å². The van der Waals surface area contributed by atoms with Gasteiger partial charge in [0.05, 0.1) is 12.2 Å². The molecule has 6 nitrogen and oxygen atoms in total. The Hall–Kier alpha value is -0.760. The summed E-state index contributed by atoms with van der Waals surface area (Å²) in [7, 11) is 3.47. The lowest BCUT2D eigenvalue weighted by molar-refractivity contribution is -0.00461. The van der Waals surface area contributed by atoms with Crippen molar-refractivity contribution < 1.29 is 9.47 Å². The summed E-state index contributed by atoms with van der Waals surface area (Å²) in [6.45, 7) is 5.65. The highest BCUT2D eigenvalue weighted by Crippen LogP contribution is 2.23. The van der Waals surface area contributed by atoms with Gasteiger partial charge in [0.1, 0.15) is 10.7 Å². The molecule has 108 valence electrons. The van der Waals surface area contributed by atoms with Crippen LogP contribution in [0, 0.1) is 0 Å². The Morgan fingerprint density at radius 2 is 2.00 bits per heavy atom. The van der Waals surface area contributed by atoms with E-state index in [4.69, 9.17) is 9.47 Å². The summed E-state index contributed by atoms with van der Waals surface area (Å²) in [4.78, 5) is 2.30. The number of aromatic nitrogens is 2. The zero-order valence-electron chi connectivity index (χ0n) is 11.8. The largest absolute Gasteiger partial charge is 0.377 e. The van der Waals surface area contributed by atoms with E-state index >= 15 is 0 Å². The molecule has 1 aliphatic rings. The van der Waals surface area contributed by atoms with E-state index in [0.29, 0.717) is 0 Å². The van der Waals surface area contributed by atoms with E-state index in [1.165, 1.54) is 11.5 Å². The highest BCUT2D eigenvalue weighted by molar-refractivity contribution is 7.10. The fraction of sp³-hybridized carbons (Fsp3) is 0.833. The molecule has 2 heterocycles. The van der Waals surface area contributed by atoms with E-state index in [2.05, 4.69) is 26.7 Å². The van der Waals surface area contributed by atoms with Gasteiger partial charge in [-0.3, -0.25) is 4.90 Å². The van der Waals surface area contributed by atoms with E-state index in [-0.39, 0.29) is 12.2 Å². The van der Waals surface area contributed by atoms with E-state index < -0.39 is 0 Å². The van der Waals surface area contributed by atoms with Crippen molar-refractivity contribution >= 4 is 16.5 Å². The SMILES string of the molecule is CCCNc1snnc1CN1CC(OC)C(OC)C1. The number of anilines is 1. The van der Waals surface area contributed by atoms with Gasteiger partial charge in [0.15, 0.2) is 0 Å². The van der Waals surface area contributed by atoms with Gasteiger partial charge in [-0.2, -0.15) is 0 Å². The Morgan fingerprint density at radius 1 is 1.32 bits per heavy atom. The molecular weight excluding hydrogens is 264 g/mol. The predicted octanol–water partition coefficient (Wildman–Crippen LogP) is 1.21. The molecule has 1 saturated heterocycles. The third kappa shape index (κ3) is 3.62. The van der Waals surface area contributed by atoms with Gasteiger partial charge >= 0.3 is 0 Å². The van der Waals surface area contributed by atoms with Crippen LogP contribution in [0.2, 0.25) is 0 Å². The van der Waals surface area contributed by atoms with Gasteiger partial charge in [0, 0.05) is 51.9 Å². The highest BCUT2D eigenvalue weighted by Gasteiger charge is 2.33. The summed E-state index contributed by atoms with van der Waals surface area (Å²) in [5, 5.41) is 8.67. The smallest absolute Gasteiger partial charge is 0.134 e. The molecule has 0 amide bonds. The van der Waals surface area contributed by atoms with Crippen LogP contribution in [0.15, 0.2) is 0 Å². The minimum absolute atomic E-state index is 0.142. The number of methoxy groups -OCH3 is 2. The molecular formula is C12H22N4O2S. The van der Waals surface area contributed by atoms with E-state index in [1.54, 1.807) is 14.2 Å². The number of nitrogens with one attached hydrogen (secondary N) is 1. The monoisotopic (exact) mass is 286 g/mol. The first-order chi connectivity index (χ1) is 9.28. The Labute approximate surface area is 118 Å². The Balaban J connectivity index is 1.93. The topological polar surface area (TPSA) is 59.5 Å². The van der Waals surface area contributed by atoms with Crippen LogP contribution in [0.1, 0.15) is 19.0 Å². The van der Waals surface area contributed by atoms with Gasteiger partial charge in [-0.15, -0.1) is 5.10 Å². The fourth-order valence-corrected chi connectivity index (χ4v) is 2.90. The minimum atomic E-state index is 0.142. The average Bonchev–Trinajstić information content (AvgIpc) is 3.03. The molecule has 7 heteroatoms. The van der Waals surface area contributed by atoms with Crippen molar-refractivity contribution in [2.75, 3.05) is 39.2 Å². The van der Waals surface area contributed by atoms with Gasteiger partial charge < -0.3 is 14.8 Å². The molecule has 19 heavy (non-hydrogen) atoms. The fourth-order valence-electron chi connectivity index (χ4n) is 2.30. The number of hydrogen-bond acceptors (Lipinski definition) is 7. The second-order valence-corrected chi connectivity index (χ2v) is 5.47. The first-order valence-corrected chi connectivity index (χ1v) is 7.38. The summed E-state index contributed by atoms with van der Waals surface area (Å²) >= 11 is 1.42. The maximum atomic E-state index is 5.44. The number of hydrogen-bond donors (Lipinski definition) is 1. The number of likely N-dealkylation sites (tertiary alicyclic amines) is 1. The predicted molar refractivity (Wildman–Crippen MR) is 75.6 cm³/mol. The summed E-state index contributed by atoms with van der Waals surface area (Å²) < 4.78 is 14.9. The second kappa shape index (κ2) is 7.14. The Bertz CT molecular complexity index is 376. The summed E-state index contributed by atoms with van der Waals surface area (Å²) in [6, 6.07) is 0. The number of rotatable bonds is 7. The molecule has 2 rings (SSSR count). The molecule has 1 aromatic rings. The normalized spacial score (nSPS) is 23.9. The van der Waals surface area contributed by atoms with E-state index in [9.17, 15) is 0 Å². The number of nitrogens with zero attached hydrogens (tertiary/aromatic N) is 3. The van der Waals surface area contributed by atoms with Crippen molar-refractivity contribution in [3.8, 4) is 0 Å². The lowest BCUT2D eigenvalue weighted by atomic mass is 10.3. The van der Waals surface area contributed by atoms with Crippen molar-refractivity contribution in [2.24, 2.45) is 0 Å². The van der Waals surface area contributed by atoms with Crippen molar-refractivity contribution in [3.63, 3.8) is 0 Å². The maximum absolute atomic E-state index is 5.44. The number of ether oxygens (including phenoxy) is 2. The van der Waals surface area contributed by atoms with Gasteiger partial charge in [-0.25, -0.2) is 0 Å². The molecule has 1 fully saturated rings. The first kappa shape index (κ1) is 14.6. The zero-order chi connectivity index (χ0) is 13.7. The van der Waals surface area contributed by atoms with Crippen LogP contribution in [0.25, 0.3) is 0 Å². The van der Waals surface area contributed by atoms with Crippen molar-refractivity contribution in [3.05, 3.63) is 5.69 Å². The van der Waals surface area contributed by atoms with Gasteiger partial charge in [0.25, 0.3) is 0 Å². The Kier molecular flexibility index (Phi) is 5.50. The van der Waals surface area contributed by atoms with Gasteiger partial charge in [0.2, 0.25) is 0 Å². The molecule has 1 N–H and O–H groups in total. The summed E-state index contributed by atoms with van der Waals surface area (Å²) in [5.74, 6) is 0. The Morgan fingerprint density at radius 3 is 2.58 bits per heavy atom. The highest BCUT2D eigenvalue weighted by atomic mass is 32.1. The molecule has 0 radical (unpaired) electrons. The van der Waals surface area contributed by atoms with Crippen LogP contribution in [0.5, 0.6) is 0 Å². The third-order valence-electron chi connectivity index (χ3n) is 3.36. The molecule has 0 bridgehead atoms. The third-order valence-corrected chi connectivity index (χ3v) is 4.09. The molecule has 1 aromatic heterocycles. The van der Waals surface area contributed by atoms with Crippen LogP contribution in [-0.2, 0) is 16.0 Å². The van der Waals surface area contributed by atoms with E-state index in [1.807, 2.05) is 0 Å². The van der Waals surface area contributed by atoms with Crippen LogP contribution in [-0.4, -0.2) is 60.5 Å². The molecule has 2 atom stereocenters. The molecule has 0 aromatic carbocycles. The van der Waals surface area contributed by atoms with E-state index in [0.717, 1.165) is 43.3 Å². The molecule has 0 aliphatic carbocycles. The quantitative estimate of drug-likeness (QED) is 0.813. The maximum Gasteiger partial charge on any atom is 0.134 e. The lowest BCUT2D eigenvalue weighted by Crippen LogP contribution is -2.27. The lowest BCUT2D eigenvalue weighted by Gasteiger charge is -2.14. The first-order valence-electron chi connectivity index (χ1n) is 6.61. The van der Waals surface area contributed by atoms with Crippen LogP contribution < -0.4 is 5.32 Å². The minimum Gasteiger partial charge on any atom is -0.377 e. The van der Waals surface area contributed by atoms with Crippen LogP contribution >= 0.6 is 11.5 Å². The second-order valence-electron chi connectivity index (χ2n) is 4.72. The average molecular weight is 286 g/mol. The van der Waals surface area contributed by atoms with Gasteiger partial charge in [-0.1, -0.05) is 11.4 Å². The van der Waals surface area contributed by atoms with Crippen molar-refractivity contribution in [2.45, 2.75) is 32.1 Å². The standard InChI is InChI=1S/C12H22N4O2S/c1-4-5-13-12-9(14-15-19-12)6-16-7-10(17-2)11(8-16)18-3/h10-11,13H,4-8H2,1-3H3. The van der Waals surface area contributed by atoms with Crippen LogP contribution in [0.4, 0.5) is 5.00 Å².